The van der Waals surface area contributed by atoms with Crippen LogP contribution in [0.3, 0.4) is 0 Å². The number of carboxylic acid groups (broad SMARTS) is 1. The molecule has 0 radical (unpaired) electrons. The summed E-state index contributed by atoms with van der Waals surface area (Å²) in [4.78, 5) is 38.1. The molecule has 29 heavy (non-hydrogen) atoms. The van der Waals surface area contributed by atoms with Gasteiger partial charge in [0.2, 0.25) is 11.8 Å². The Kier molecular flexibility index (Phi) is 5.30. The predicted octanol–water partition coefficient (Wildman–Crippen LogP) is 3.09. The van der Waals surface area contributed by atoms with Crippen LogP contribution in [0.15, 0.2) is 30.5 Å². The average Bonchev–Trinajstić information content (AvgIpc) is 3.25. The van der Waals surface area contributed by atoms with Crippen molar-refractivity contribution in [2.45, 2.75) is 51.6 Å². The highest BCUT2D eigenvalue weighted by molar-refractivity contribution is 5.98. The van der Waals surface area contributed by atoms with Crippen LogP contribution in [0.4, 0.5) is 5.69 Å². The maximum atomic E-state index is 12.8. The van der Waals surface area contributed by atoms with Gasteiger partial charge in [-0.3, -0.25) is 14.4 Å². The lowest BCUT2D eigenvalue weighted by Gasteiger charge is -2.33. The molecule has 1 atom stereocenters. The molecule has 154 valence electrons. The maximum Gasteiger partial charge on any atom is 0.323 e. The molecular weight excluding hydrogens is 370 g/mol. The molecule has 1 saturated carbocycles. The lowest BCUT2D eigenvalue weighted by Crippen LogP contribution is -2.39. The van der Waals surface area contributed by atoms with E-state index in [0.29, 0.717) is 12.2 Å². The van der Waals surface area contributed by atoms with Gasteiger partial charge < -0.3 is 19.9 Å². The van der Waals surface area contributed by atoms with Gasteiger partial charge in [0.05, 0.1) is 5.92 Å². The third kappa shape index (κ3) is 4.13. The highest BCUT2D eigenvalue weighted by Crippen LogP contribution is 2.31. The number of nitrogens with one attached hydrogen (secondary N) is 1. The Bertz CT molecular complexity index is 943. The first-order valence-corrected chi connectivity index (χ1v) is 10.3. The second-order valence-corrected chi connectivity index (χ2v) is 8.46. The summed E-state index contributed by atoms with van der Waals surface area (Å²) in [5.41, 5.74) is 1.46. The minimum Gasteiger partial charge on any atom is -0.480 e. The number of carbonyl (C=O) groups is 3. The Balaban J connectivity index is 1.40. The number of carbonyl (C=O) groups excluding carboxylic acids is 2. The lowest BCUT2D eigenvalue weighted by atomic mass is 9.87. The Hall–Kier alpha value is -2.83. The minimum absolute atomic E-state index is 0.0888. The molecule has 2 N–H and O–H groups in total. The van der Waals surface area contributed by atoms with E-state index in [2.05, 4.69) is 12.2 Å². The van der Waals surface area contributed by atoms with Gasteiger partial charge in [0, 0.05) is 41.8 Å². The van der Waals surface area contributed by atoms with Gasteiger partial charge in [-0.15, -0.1) is 0 Å². The van der Waals surface area contributed by atoms with Crippen LogP contribution in [0.1, 0.15) is 39.0 Å². The van der Waals surface area contributed by atoms with Crippen LogP contribution >= 0.6 is 0 Å². The highest BCUT2D eigenvalue weighted by atomic mass is 16.4. The molecule has 2 aromatic rings. The number of hydrogen-bond donors (Lipinski definition) is 2. The number of carboxylic acids is 1. The fraction of sp³-hybridized carbons (Fsp3) is 0.500. The average molecular weight is 397 g/mol. The molecule has 4 rings (SSSR count). The number of benzene rings is 1. The molecular formula is C22H27N3O4. The summed E-state index contributed by atoms with van der Waals surface area (Å²) >= 11 is 0. The van der Waals surface area contributed by atoms with Crippen LogP contribution in [0.5, 0.6) is 0 Å². The summed E-state index contributed by atoms with van der Waals surface area (Å²) in [6.45, 7) is 2.65. The largest absolute Gasteiger partial charge is 0.480 e. The molecule has 1 aliphatic heterocycles. The van der Waals surface area contributed by atoms with E-state index in [9.17, 15) is 14.4 Å². The first-order chi connectivity index (χ1) is 13.9. The molecule has 7 heteroatoms. The van der Waals surface area contributed by atoms with Crippen molar-refractivity contribution in [3.8, 4) is 0 Å². The number of anilines is 1. The molecule has 1 aromatic carbocycles. The molecule has 0 bridgehead atoms. The molecule has 1 unspecified atom stereocenters. The van der Waals surface area contributed by atoms with E-state index < -0.39 is 5.97 Å². The van der Waals surface area contributed by atoms with E-state index in [1.807, 2.05) is 23.1 Å². The summed E-state index contributed by atoms with van der Waals surface area (Å²) in [5, 5.41) is 12.8. The van der Waals surface area contributed by atoms with Crippen molar-refractivity contribution in [3.63, 3.8) is 0 Å². The zero-order valence-electron chi connectivity index (χ0n) is 16.6. The van der Waals surface area contributed by atoms with E-state index in [1.165, 1.54) is 0 Å². The molecule has 1 aliphatic carbocycles. The molecule has 2 amide bonds. The Morgan fingerprint density at radius 2 is 1.93 bits per heavy atom. The maximum absolute atomic E-state index is 12.8. The van der Waals surface area contributed by atoms with E-state index >= 15 is 0 Å². The summed E-state index contributed by atoms with van der Waals surface area (Å²) in [6.07, 6.45) is 6.36. The third-order valence-corrected chi connectivity index (χ3v) is 6.30. The minimum atomic E-state index is -0.900. The molecule has 2 fully saturated rings. The van der Waals surface area contributed by atoms with Gasteiger partial charge >= 0.3 is 5.97 Å². The fourth-order valence-corrected chi connectivity index (χ4v) is 4.62. The monoisotopic (exact) mass is 397 g/mol. The predicted molar refractivity (Wildman–Crippen MR) is 109 cm³/mol. The van der Waals surface area contributed by atoms with Crippen molar-refractivity contribution in [2.75, 3.05) is 11.9 Å². The smallest absolute Gasteiger partial charge is 0.323 e. The van der Waals surface area contributed by atoms with Gasteiger partial charge in [0.15, 0.2) is 0 Å². The van der Waals surface area contributed by atoms with Gasteiger partial charge in [-0.05, 0) is 55.9 Å². The number of rotatable bonds is 5. The molecule has 2 aliphatic rings. The standard InChI is InChI=1S/C22H27N3O4/c1-14-2-5-18(6-3-14)25-12-16(11-20(25)26)22(29)23-17-4-7-19-15(10-17)8-9-24(19)13-21(27)28/h4,7-10,14,16,18H,2-3,5-6,11-13H2,1H3,(H,23,29)(H,27,28). The topological polar surface area (TPSA) is 91.6 Å². The fourth-order valence-electron chi connectivity index (χ4n) is 4.62. The summed E-state index contributed by atoms with van der Waals surface area (Å²) in [6, 6.07) is 7.53. The molecule has 1 saturated heterocycles. The Morgan fingerprint density at radius 3 is 2.66 bits per heavy atom. The molecule has 2 heterocycles. The summed E-state index contributed by atoms with van der Waals surface area (Å²) < 4.78 is 1.65. The number of amides is 2. The molecule has 1 aromatic heterocycles. The number of hydrogen-bond acceptors (Lipinski definition) is 3. The number of aliphatic carboxylic acids is 1. The van der Waals surface area contributed by atoms with Crippen molar-refractivity contribution in [1.29, 1.82) is 0 Å². The van der Waals surface area contributed by atoms with Gasteiger partial charge in [0.1, 0.15) is 6.54 Å². The van der Waals surface area contributed by atoms with Crippen LogP contribution in [-0.4, -0.2) is 44.9 Å². The highest BCUT2D eigenvalue weighted by Gasteiger charge is 2.38. The third-order valence-electron chi connectivity index (χ3n) is 6.30. The van der Waals surface area contributed by atoms with Crippen LogP contribution in [-0.2, 0) is 20.9 Å². The number of likely N-dealkylation sites (tertiary alicyclic amines) is 1. The van der Waals surface area contributed by atoms with E-state index in [0.717, 1.165) is 42.5 Å². The van der Waals surface area contributed by atoms with Crippen molar-refractivity contribution >= 4 is 34.4 Å². The quantitative estimate of drug-likeness (QED) is 0.811. The van der Waals surface area contributed by atoms with E-state index in [1.54, 1.807) is 16.8 Å². The van der Waals surface area contributed by atoms with Crippen molar-refractivity contribution < 1.29 is 19.5 Å². The van der Waals surface area contributed by atoms with Crippen LogP contribution in [0.25, 0.3) is 10.9 Å². The second-order valence-electron chi connectivity index (χ2n) is 8.46. The number of aromatic nitrogens is 1. The SMILES string of the molecule is CC1CCC(N2CC(C(=O)Nc3ccc4c(ccn4CC(=O)O)c3)CC2=O)CC1. The van der Waals surface area contributed by atoms with Gasteiger partial charge in [-0.2, -0.15) is 0 Å². The first kappa shape index (κ1) is 19.5. The summed E-state index contributed by atoms with van der Waals surface area (Å²) in [7, 11) is 0. The first-order valence-electron chi connectivity index (χ1n) is 10.3. The zero-order chi connectivity index (χ0) is 20.5. The van der Waals surface area contributed by atoms with Gasteiger partial charge in [-0.25, -0.2) is 0 Å². The Morgan fingerprint density at radius 1 is 1.17 bits per heavy atom. The Labute approximate surface area is 169 Å². The van der Waals surface area contributed by atoms with Crippen LogP contribution < -0.4 is 5.32 Å². The van der Waals surface area contributed by atoms with Gasteiger partial charge in [0.25, 0.3) is 0 Å². The van der Waals surface area contributed by atoms with Crippen molar-refractivity contribution in [3.05, 3.63) is 30.5 Å². The van der Waals surface area contributed by atoms with Crippen LogP contribution in [0.2, 0.25) is 0 Å². The number of nitrogens with zero attached hydrogens (tertiary/aromatic N) is 2. The molecule has 7 nitrogen and oxygen atoms in total. The van der Waals surface area contributed by atoms with Crippen molar-refractivity contribution in [1.82, 2.24) is 9.47 Å². The van der Waals surface area contributed by atoms with E-state index in [4.69, 9.17) is 5.11 Å². The lowest BCUT2D eigenvalue weighted by molar-refractivity contribution is -0.137. The molecule has 0 spiro atoms. The van der Waals surface area contributed by atoms with E-state index in [-0.39, 0.29) is 36.7 Å². The number of fused-ring (bicyclic) bond motifs is 1. The summed E-state index contributed by atoms with van der Waals surface area (Å²) in [5.74, 6) is -0.541. The second kappa shape index (κ2) is 7.89. The van der Waals surface area contributed by atoms with Crippen molar-refractivity contribution in [2.24, 2.45) is 11.8 Å². The zero-order valence-corrected chi connectivity index (χ0v) is 16.6. The normalized spacial score (nSPS) is 24.8. The van der Waals surface area contributed by atoms with Crippen LogP contribution in [0, 0.1) is 11.8 Å². The van der Waals surface area contributed by atoms with Gasteiger partial charge in [-0.1, -0.05) is 6.92 Å².